The normalized spacial score (nSPS) is 17.7. The number of ether oxygens (including phenoxy) is 1. The largest absolute Gasteiger partial charge is 0.492 e. The molecule has 0 aromatic heterocycles. The molecule has 1 aromatic carbocycles. The summed E-state index contributed by atoms with van der Waals surface area (Å²) in [6.45, 7) is 5.05. The standard InChI is InChI=1S/C16H24N2O2.ClH/c1-13-5-7-15(8-6-13)20-11-10-18(2)16(19)14-4-3-9-17-12-14;/h5-8,14,17H,3-4,9-12H2,1-2H3;1H/t14-;/m1./s1. The van der Waals surface area contributed by atoms with Crippen LogP contribution < -0.4 is 10.1 Å². The van der Waals surface area contributed by atoms with E-state index in [0.717, 1.165) is 31.7 Å². The van der Waals surface area contributed by atoms with Crippen molar-refractivity contribution < 1.29 is 9.53 Å². The van der Waals surface area contributed by atoms with E-state index < -0.39 is 0 Å². The summed E-state index contributed by atoms with van der Waals surface area (Å²) in [6, 6.07) is 7.97. The van der Waals surface area contributed by atoms with Gasteiger partial charge in [-0.2, -0.15) is 0 Å². The summed E-state index contributed by atoms with van der Waals surface area (Å²) in [5, 5.41) is 3.28. The van der Waals surface area contributed by atoms with E-state index >= 15 is 0 Å². The molecule has 5 heteroatoms. The summed E-state index contributed by atoms with van der Waals surface area (Å²) < 4.78 is 5.66. The molecule has 1 N–H and O–H groups in total. The molecule has 0 aliphatic carbocycles. The Morgan fingerprint density at radius 3 is 2.71 bits per heavy atom. The topological polar surface area (TPSA) is 41.6 Å². The van der Waals surface area contributed by atoms with Crippen molar-refractivity contribution in [2.45, 2.75) is 19.8 Å². The molecule has 0 spiro atoms. The Labute approximate surface area is 133 Å². The van der Waals surface area contributed by atoms with Crippen LogP contribution in [0.1, 0.15) is 18.4 Å². The first-order valence-corrected chi connectivity index (χ1v) is 7.32. The predicted octanol–water partition coefficient (Wildman–Crippen LogP) is 2.25. The summed E-state index contributed by atoms with van der Waals surface area (Å²) in [7, 11) is 1.86. The molecule has 1 amide bonds. The lowest BCUT2D eigenvalue weighted by atomic mass is 9.98. The van der Waals surface area contributed by atoms with Gasteiger partial charge in [0.1, 0.15) is 12.4 Å². The number of halogens is 1. The quantitative estimate of drug-likeness (QED) is 0.907. The average Bonchev–Trinajstić information content (AvgIpc) is 2.49. The first-order valence-electron chi connectivity index (χ1n) is 7.32. The van der Waals surface area contributed by atoms with Crippen LogP contribution in [0.15, 0.2) is 24.3 Å². The lowest BCUT2D eigenvalue weighted by molar-refractivity contribution is -0.135. The molecule has 0 radical (unpaired) electrons. The van der Waals surface area contributed by atoms with Crippen LogP contribution in [-0.2, 0) is 4.79 Å². The maximum Gasteiger partial charge on any atom is 0.226 e. The molecule has 0 bridgehead atoms. The highest BCUT2D eigenvalue weighted by Crippen LogP contribution is 2.13. The van der Waals surface area contributed by atoms with Gasteiger partial charge in [-0.05, 0) is 38.4 Å². The van der Waals surface area contributed by atoms with Crippen molar-refractivity contribution >= 4 is 18.3 Å². The van der Waals surface area contributed by atoms with Crippen LogP contribution in [0, 0.1) is 12.8 Å². The number of nitrogens with zero attached hydrogens (tertiary/aromatic N) is 1. The van der Waals surface area contributed by atoms with Gasteiger partial charge in [-0.15, -0.1) is 12.4 Å². The van der Waals surface area contributed by atoms with Crippen molar-refractivity contribution in [1.29, 1.82) is 0 Å². The molecular formula is C16H25ClN2O2. The maximum absolute atomic E-state index is 12.2. The highest BCUT2D eigenvalue weighted by Gasteiger charge is 2.23. The van der Waals surface area contributed by atoms with E-state index in [2.05, 4.69) is 12.2 Å². The third kappa shape index (κ3) is 5.56. The number of amides is 1. The molecule has 1 aliphatic rings. The smallest absolute Gasteiger partial charge is 0.226 e. The van der Waals surface area contributed by atoms with E-state index in [-0.39, 0.29) is 24.2 Å². The van der Waals surface area contributed by atoms with Crippen molar-refractivity contribution in [3.63, 3.8) is 0 Å². The van der Waals surface area contributed by atoms with E-state index in [1.807, 2.05) is 31.3 Å². The van der Waals surface area contributed by atoms with Crippen molar-refractivity contribution in [3.8, 4) is 5.75 Å². The summed E-state index contributed by atoms with van der Waals surface area (Å²) in [5.41, 5.74) is 1.22. The number of carbonyl (C=O) groups excluding carboxylic acids is 1. The second-order valence-corrected chi connectivity index (χ2v) is 5.46. The number of rotatable bonds is 5. The molecule has 0 saturated carbocycles. The zero-order valence-electron chi connectivity index (χ0n) is 12.8. The van der Waals surface area contributed by atoms with Gasteiger partial charge in [0.15, 0.2) is 0 Å². The monoisotopic (exact) mass is 312 g/mol. The van der Waals surface area contributed by atoms with Gasteiger partial charge in [0, 0.05) is 13.6 Å². The number of hydrogen-bond donors (Lipinski definition) is 1. The molecule has 1 saturated heterocycles. The van der Waals surface area contributed by atoms with Crippen molar-refractivity contribution in [2.75, 3.05) is 33.3 Å². The number of aryl methyl sites for hydroxylation is 1. The average molecular weight is 313 g/mol. The Morgan fingerprint density at radius 2 is 2.10 bits per heavy atom. The van der Waals surface area contributed by atoms with Gasteiger partial charge in [0.2, 0.25) is 5.91 Å². The molecule has 0 unspecified atom stereocenters. The molecule has 1 heterocycles. The van der Waals surface area contributed by atoms with Crippen LogP contribution >= 0.6 is 12.4 Å². The van der Waals surface area contributed by atoms with Crippen molar-refractivity contribution in [1.82, 2.24) is 10.2 Å². The Balaban J connectivity index is 0.00000220. The highest BCUT2D eigenvalue weighted by atomic mass is 35.5. The van der Waals surface area contributed by atoms with Crippen LogP contribution in [0.25, 0.3) is 0 Å². The number of benzene rings is 1. The molecular weight excluding hydrogens is 288 g/mol. The van der Waals surface area contributed by atoms with E-state index in [1.165, 1.54) is 5.56 Å². The molecule has 1 aromatic rings. The van der Waals surface area contributed by atoms with Crippen LogP contribution in [-0.4, -0.2) is 44.1 Å². The van der Waals surface area contributed by atoms with Gasteiger partial charge in [0.25, 0.3) is 0 Å². The van der Waals surface area contributed by atoms with Gasteiger partial charge in [0.05, 0.1) is 12.5 Å². The van der Waals surface area contributed by atoms with E-state index in [9.17, 15) is 4.79 Å². The lowest BCUT2D eigenvalue weighted by Gasteiger charge is -2.27. The Hall–Kier alpha value is -1.26. The van der Waals surface area contributed by atoms with Gasteiger partial charge in [-0.1, -0.05) is 17.7 Å². The van der Waals surface area contributed by atoms with Crippen LogP contribution in [0.4, 0.5) is 0 Å². The van der Waals surface area contributed by atoms with Crippen LogP contribution in [0.5, 0.6) is 5.75 Å². The Morgan fingerprint density at radius 1 is 1.38 bits per heavy atom. The fourth-order valence-electron chi connectivity index (χ4n) is 2.42. The van der Waals surface area contributed by atoms with E-state index in [0.29, 0.717) is 13.2 Å². The van der Waals surface area contributed by atoms with Crippen LogP contribution in [0.3, 0.4) is 0 Å². The first-order chi connectivity index (χ1) is 9.66. The Bertz CT molecular complexity index is 430. The predicted molar refractivity (Wildman–Crippen MR) is 87.2 cm³/mol. The SMILES string of the molecule is Cc1ccc(OCCN(C)C(=O)[C@@H]2CCCNC2)cc1.Cl. The summed E-state index contributed by atoms with van der Waals surface area (Å²) in [4.78, 5) is 14.0. The van der Waals surface area contributed by atoms with E-state index in [4.69, 9.17) is 4.74 Å². The molecule has 118 valence electrons. The van der Waals surface area contributed by atoms with Crippen molar-refractivity contribution in [2.24, 2.45) is 5.92 Å². The van der Waals surface area contributed by atoms with Crippen molar-refractivity contribution in [3.05, 3.63) is 29.8 Å². The maximum atomic E-state index is 12.2. The van der Waals surface area contributed by atoms with E-state index in [1.54, 1.807) is 4.90 Å². The minimum atomic E-state index is 0. The second-order valence-electron chi connectivity index (χ2n) is 5.46. The zero-order valence-corrected chi connectivity index (χ0v) is 13.6. The number of hydrogen-bond acceptors (Lipinski definition) is 3. The fraction of sp³-hybridized carbons (Fsp3) is 0.562. The van der Waals surface area contributed by atoms with Crippen LogP contribution in [0.2, 0.25) is 0 Å². The molecule has 1 fully saturated rings. The number of carbonyl (C=O) groups is 1. The summed E-state index contributed by atoms with van der Waals surface area (Å²) in [6.07, 6.45) is 2.08. The summed E-state index contributed by atoms with van der Waals surface area (Å²) >= 11 is 0. The minimum Gasteiger partial charge on any atom is -0.492 e. The highest BCUT2D eigenvalue weighted by molar-refractivity contribution is 5.85. The minimum absolute atomic E-state index is 0. The molecule has 1 aliphatic heterocycles. The van der Waals surface area contributed by atoms with Gasteiger partial charge in [-0.25, -0.2) is 0 Å². The Kier molecular flexibility index (Phi) is 7.54. The molecule has 2 rings (SSSR count). The third-order valence-corrected chi connectivity index (χ3v) is 3.74. The fourth-order valence-corrected chi connectivity index (χ4v) is 2.42. The third-order valence-electron chi connectivity index (χ3n) is 3.74. The first kappa shape index (κ1) is 17.8. The van der Waals surface area contributed by atoms with Gasteiger partial charge < -0.3 is 15.0 Å². The number of nitrogens with one attached hydrogen (secondary N) is 1. The van der Waals surface area contributed by atoms with Gasteiger partial charge in [-0.3, -0.25) is 4.79 Å². The van der Waals surface area contributed by atoms with Gasteiger partial charge >= 0.3 is 0 Å². The molecule has 4 nitrogen and oxygen atoms in total. The summed E-state index contributed by atoms with van der Waals surface area (Å²) in [5.74, 6) is 1.22. The molecule has 21 heavy (non-hydrogen) atoms. The number of likely N-dealkylation sites (N-methyl/N-ethyl adjacent to an activating group) is 1. The lowest BCUT2D eigenvalue weighted by Crippen LogP contribution is -2.42. The number of piperidine rings is 1. The zero-order chi connectivity index (χ0) is 14.4. The molecule has 1 atom stereocenters. The second kappa shape index (κ2) is 8.90.